The predicted molar refractivity (Wildman–Crippen MR) is 103 cm³/mol. The Labute approximate surface area is 155 Å². The van der Waals surface area contributed by atoms with Crippen molar-refractivity contribution in [2.45, 2.75) is 6.54 Å². The van der Waals surface area contributed by atoms with Crippen LogP contribution in [-0.4, -0.2) is 23.8 Å². The molecule has 1 heterocycles. The Morgan fingerprint density at radius 2 is 1.88 bits per heavy atom. The number of ether oxygens (including phenoxy) is 2. The van der Waals surface area contributed by atoms with Crippen molar-refractivity contribution in [1.82, 2.24) is 9.55 Å². The van der Waals surface area contributed by atoms with Crippen molar-refractivity contribution in [2.75, 3.05) is 19.5 Å². The molecule has 0 atom stereocenters. The van der Waals surface area contributed by atoms with E-state index in [9.17, 15) is 0 Å². The average Bonchev–Trinajstić information content (AvgIpc) is 3.00. The Morgan fingerprint density at radius 3 is 2.60 bits per heavy atom. The predicted octanol–water partition coefficient (Wildman–Crippen LogP) is 4.48. The van der Waals surface area contributed by atoms with E-state index in [2.05, 4.69) is 38.4 Å². The highest BCUT2D eigenvalue weighted by atomic mass is 79.9. The number of nitrogens with one attached hydrogen (secondary N) is 1. The number of aromatic nitrogens is 2. The standard InChI is InChI=1S/C19H20BrN3O2/c1-23-16(14-5-4-6-15(20)10-14)12-22-19(23)21-11-13-7-8-17(24-2)18(9-13)25-3/h4-10,12H,11H2,1-3H3,(H,21,22). The third-order valence-electron chi connectivity index (χ3n) is 4.01. The number of hydrogen-bond donors (Lipinski definition) is 1. The minimum Gasteiger partial charge on any atom is -0.493 e. The van der Waals surface area contributed by atoms with Gasteiger partial charge in [0.15, 0.2) is 11.5 Å². The third kappa shape index (κ3) is 3.79. The molecule has 0 unspecified atom stereocenters. The first-order chi connectivity index (χ1) is 12.1. The Morgan fingerprint density at radius 1 is 1.08 bits per heavy atom. The van der Waals surface area contributed by atoms with Crippen molar-refractivity contribution in [3.05, 3.63) is 58.7 Å². The van der Waals surface area contributed by atoms with Crippen molar-refractivity contribution in [3.63, 3.8) is 0 Å². The Hall–Kier alpha value is -2.47. The summed E-state index contributed by atoms with van der Waals surface area (Å²) in [6, 6.07) is 14.0. The largest absolute Gasteiger partial charge is 0.493 e. The van der Waals surface area contributed by atoms with Crippen LogP contribution in [0.15, 0.2) is 53.1 Å². The number of methoxy groups -OCH3 is 2. The highest BCUT2D eigenvalue weighted by Crippen LogP contribution is 2.28. The summed E-state index contributed by atoms with van der Waals surface area (Å²) in [5.74, 6) is 2.25. The minimum absolute atomic E-state index is 0.642. The summed E-state index contributed by atoms with van der Waals surface area (Å²) < 4.78 is 13.7. The first kappa shape index (κ1) is 17.4. The van der Waals surface area contributed by atoms with Crippen LogP contribution >= 0.6 is 15.9 Å². The monoisotopic (exact) mass is 401 g/mol. The van der Waals surface area contributed by atoms with Gasteiger partial charge in [-0.05, 0) is 29.8 Å². The van der Waals surface area contributed by atoms with Gasteiger partial charge in [-0.25, -0.2) is 4.98 Å². The summed E-state index contributed by atoms with van der Waals surface area (Å²) in [5, 5.41) is 3.37. The molecule has 6 heteroatoms. The number of rotatable bonds is 6. The minimum atomic E-state index is 0.642. The van der Waals surface area contributed by atoms with E-state index in [1.807, 2.05) is 48.1 Å². The molecule has 0 bridgehead atoms. The molecule has 1 N–H and O–H groups in total. The first-order valence-corrected chi connectivity index (χ1v) is 8.64. The van der Waals surface area contributed by atoms with Gasteiger partial charge in [0, 0.05) is 23.6 Å². The third-order valence-corrected chi connectivity index (χ3v) is 4.50. The van der Waals surface area contributed by atoms with Gasteiger partial charge >= 0.3 is 0 Å². The molecule has 3 aromatic rings. The fourth-order valence-corrected chi connectivity index (χ4v) is 3.06. The zero-order valence-electron chi connectivity index (χ0n) is 14.4. The van der Waals surface area contributed by atoms with Gasteiger partial charge in [-0.15, -0.1) is 0 Å². The summed E-state index contributed by atoms with van der Waals surface area (Å²) in [6.07, 6.45) is 1.87. The molecule has 0 fully saturated rings. The maximum absolute atomic E-state index is 5.35. The molecule has 0 saturated heterocycles. The summed E-state index contributed by atoms with van der Waals surface area (Å²) in [7, 11) is 5.27. The topological polar surface area (TPSA) is 48.3 Å². The fourth-order valence-electron chi connectivity index (χ4n) is 2.66. The number of halogens is 1. The highest BCUT2D eigenvalue weighted by Gasteiger charge is 2.10. The number of anilines is 1. The van der Waals surface area contributed by atoms with Crippen molar-refractivity contribution < 1.29 is 9.47 Å². The van der Waals surface area contributed by atoms with Gasteiger partial charge in [-0.3, -0.25) is 0 Å². The van der Waals surface area contributed by atoms with E-state index < -0.39 is 0 Å². The van der Waals surface area contributed by atoms with E-state index in [0.29, 0.717) is 6.54 Å². The quantitative estimate of drug-likeness (QED) is 0.661. The second-order valence-corrected chi connectivity index (χ2v) is 6.49. The van der Waals surface area contributed by atoms with Gasteiger partial charge < -0.3 is 19.4 Å². The van der Waals surface area contributed by atoms with Gasteiger partial charge in [-0.2, -0.15) is 0 Å². The van der Waals surface area contributed by atoms with Crippen LogP contribution in [0.5, 0.6) is 11.5 Å². The summed E-state index contributed by atoms with van der Waals surface area (Å²) >= 11 is 3.51. The molecule has 0 aliphatic heterocycles. The molecule has 0 aliphatic rings. The lowest BCUT2D eigenvalue weighted by molar-refractivity contribution is 0.354. The smallest absolute Gasteiger partial charge is 0.203 e. The molecule has 5 nitrogen and oxygen atoms in total. The molecule has 0 radical (unpaired) electrons. The van der Waals surface area contributed by atoms with Crippen molar-refractivity contribution in [1.29, 1.82) is 0 Å². The Kier molecular flexibility index (Phi) is 5.28. The van der Waals surface area contributed by atoms with Crippen LogP contribution < -0.4 is 14.8 Å². The molecule has 0 aliphatic carbocycles. The molecule has 0 spiro atoms. The van der Waals surface area contributed by atoms with E-state index in [-0.39, 0.29) is 0 Å². The number of hydrogen-bond acceptors (Lipinski definition) is 4. The molecule has 3 rings (SSSR count). The van der Waals surface area contributed by atoms with Crippen molar-refractivity contribution in [2.24, 2.45) is 7.05 Å². The number of nitrogens with zero attached hydrogens (tertiary/aromatic N) is 2. The van der Waals surface area contributed by atoms with Gasteiger partial charge in [0.1, 0.15) is 0 Å². The Balaban J connectivity index is 1.76. The van der Waals surface area contributed by atoms with E-state index in [1.54, 1.807) is 14.2 Å². The van der Waals surface area contributed by atoms with Gasteiger partial charge in [-0.1, -0.05) is 34.1 Å². The van der Waals surface area contributed by atoms with Crippen molar-refractivity contribution >= 4 is 21.9 Å². The fraction of sp³-hybridized carbons (Fsp3) is 0.211. The normalized spacial score (nSPS) is 10.6. The lowest BCUT2D eigenvalue weighted by atomic mass is 10.2. The molecule has 0 saturated carbocycles. The molecular formula is C19H20BrN3O2. The van der Waals surface area contributed by atoms with E-state index >= 15 is 0 Å². The number of benzene rings is 2. The second kappa shape index (κ2) is 7.61. The lowest BCUT2D eigenvalue weighted by Crippen LogP contribution is -2.06. The van der Waals surface area contributed by atoms with Gasteiger partial charge in [0.25, 0.3) is 0 Å². The van der Waals surface area contributed by atoms with Gasteiger partial charge in [0.05, 0.1) is 26.1 Å². The molecule has 130 valence electrons. The lowest BCUT2D eigenvalue weighted by Gasteiger charge is -2.11. The Bertz CT molecular complexity index is 877. The van der Waals surface area contributed by atoms with Crippen molar-refractivity contribution in [3.8, 4) is 22.8 Å². The second-order valence-electron chi connectivity index (χ2n) is 5.58. The zero-order chi connectivity index (χ0) is 17.8. The van der Waals surface area contributed by atoms with Crippen LogP contribution in [0.1, 0.15) is 5.56 Å². The van der Waals surface area contributed by atoms with Crippen LogP contribution in [0.2, 0.25) is 0 Å². The van der Waals surface area contributed by atoms with Gasteiger partial charge in [0.2, 0.25) is 5.95 Å². The van der Waals surface area contributed by atoms with Crippen LogP contribution in [0.4, 0.5) is 5.95 Å². The first-order valence-electron chi connectivity index (χ1n) is 7.85. The van der Waals surface area contributed by atoms with E-state index in [1.165, 1.54) is 0 Å². The van der Waals surface area contributed by atoms with E-state index in [4.69, 9.17) is 9.47 Å². The highest BCUT2D eigenvalue weighted by molar-refractivity contribution is 9.10. The number of imidazole rings is 1. The molecular weight excluding hydrogens is 382 g/mol. The van der Waals surface area contributed by atoms with E-state index in [0.717, 1.165) is 38.7 Å². The maximum Gasteiger partial charge on any atom is 0.203 e. The SMILES string of the molecule is COc1ccc(CNc2ncc(-c3cccc(Br)c3)n2C)cc1OC. The molecule has 25 heavy (non-hydrogen) atoms. The van der Waals surface area contributed by atoms with Crippen LogP contribution in [0.25, 0.3) is 11.3 Å². The zero-order valence-corrected chi connectivity index (χ0v) is 16.0. The average molecular weight is 402 g/mol. The van der Waals surface area contributed by atoms with Crippen LogP contribution in [-0.2, 0) is 13.6 Å². The van der Waals surface area contributed by atoms with Crippen LogP contribution in [0.3, 0.4) is 0 Å². The summed E-state index contributed by atoms with van der Waals surface area (Å²) in [6.45, 7) is 0.642. The summed E-state index contributed by atoms with van der Waals surface area (Å²) in [5.41, 5.74) is 3.25. The molecule has 1 aromatic heterocycles. The summed E-state index contributed by atoms with van der Waals surface area (Å²) in [4.78, 5) is 4.49. The maximum atomic E-state index is 5.35. The molecule has 0 amide bonds. The molecule has 2 aromatic carbocycles. The van der Waals surface area contributed by atoms with Crippen LogP contribution in [0, 0.1) is 0 Å².